The summed E-state index contributed by atoms with van der Waals surface area (Å²) in [4.78, 5) is 14.0. The van der Waals surface area contributed by atoms with Crippen LogP contribution in [0, 0.1) is 0 Å². The maximum Gasteiger partial charge on any atom is 0.573 e. The van der Waals surface area contributed by atoms with Gasteiger partial charge in [0.15, 0.2) is 0 Å². The van der Waals surface area contributed by atoms with Crippen molar-refractivity contribution in [1.29, 1.82) is 0 Å². The Labute approximate surface area is 169 Å². The van der Waals surface area contributed by atoms with Crippen LogP contribution in [0.1, 0.15) is 22.1 Å². The highest BCUT2D eigenvalue weighted by molar-refractivity contribution is 5.95. The molecule has 0 saturated carbocycles. The zero-order valence-corrected chi connectivity index (χ0v) is 15.6. The first kappa shape index (κ1) is 19.7. The lowest BCUT2D eigenvalue weighted by Crippen LogP contribution is -2.50. The number of carbonyl (C=O) groups is 1. The van der Waals surface area contributed by atoms with Crippen molar-refractivity contribution in [3.05, 3.63) is 72.1 Å². The molecule has 0 unspecified atom stereocenters. The van der Waals surface area contributed by atoms with Gasteiger partial charge in [-0.15, -0.1) is 18.3 Å². The number of hydrogen-bond acceptors (Lipinski definition) is 5. The van der Waals surface area contributed by atoms with E-state index in [1.54, 1.807) is 10.9 Å². The van der Waals surface area contributed by atoms with E-state index in [1.807, 2.05) is 30.3 Å². The van der Waals surface area contributed by atoms with E-state index in [4.69, 9.17) is 4.74 Å². The number of rotatable bonds is 6. The van der Waals surface area contributed by atoms with Gasteiger partial charge < -0.3 is 14.4 Å². The predicted molar refractivity (Wildman–Crippen MR) is 98.9 cm³/mol. The summed E-state index contributed by atoms with van der Waals surface area (Å²) >= 11 is 0. The Kier molecular flexibility index (Phi) is 5.30. The van der Waals surface area contributed by atoms with Crippen LogP contribution >= 0.6 is 0 Å². The summed E-state index contributed by atoms with van der Waals surface area (Å²) in [6.45, 7) is 1.03. The number of hydrogen-bond donors (Lipinski definition) is 0. The number of likely N-dealkylation sites (tertiary alicyclic amines) is 1. The Morgan fingerprint density at radius 3 is 2.53 bits per heavy atom. The minimum Gasteiger partial charge on any atom is -0.487 e. The van der Waals surface area contributed by atoms with Gasteiger partial charge in [0.25, 0.3) is 5.91 Å². The molecule has 0 spiro atoms. The summed E-state index contributed by atoms with van der Waals surface area (Å²) in [5.74, 6) is -0.0689. The van der Waals surface area contributed by atoms with Crippen LogP contribution < -0.4 is 9.47 Å². The van der Waals surface area contributed by atoms with Gasteiger partial charge in [-0.2, -0.15) is 0 Å². The number of para-hydroxylation sites is 1. The van der Waals surface area contributed by atoms with Gasteiger partial charge >= 0.3 is 6.36 Å². The van der Waals surface area contributed by atoms with Crippen molar-refractivity contribution in [3.63, 3.8) is 0 Å². The molecule has 30 heavy (non-hydrogen) atoms. The van der Waals surface area contributed by atoms with E-state index in [-0.39, 0.29) is 24.1 Å². The number of ether oxygens (including phenoxy) is 2. The lowest BCUT2D eigenvalue weighted by Gasteiger charge is -2.38. The fourth-order valence-corrected chi connectivity index (χ4v) is 3.03. The molecule has 0 bridgehead atoms. The molecule has 156 valence electrons. The van der Waals surface area contributed by atoms with Crippen molar-refractivity contribution in [3.8, 4) is 11.5 Å². The van der Waals surface area contributed by atoms with E-state index in [9.17, 15) is 18.0 Å². The van der Waals surface area contributed by atoms with E-state index in [0.29, 0.717) is 18.8 Å². The fraction of sp³-hybridized carbons (Fsp3) is 0.250. The molecule has 1 amide bonds. The minimum atomic E-state index is -4.81. The van der Waals surface area contributed by atoms with E-state index in [2.05, 4.69) is 15.0 Å². The summed E-state index contributed by atoms with van der Waals surface area (Å²) in [5, 5.41) is 8.14. The third kappa shape index (κ3) is 4.70. The van der Waals surface area contributed by atoms with Crippen LogP contribution in [0.15, 0.2) is 60.8 Å². The van der Waals surface area contributed by atoms with E-state index in [1.165, 1.54) is 17.0 Å². The summed E-state index contributed by atoms with van der Waals surface area (Å²) in [7, 11) is 0. The number of carbonyl (C=O) groups excluding carboxylic acids is 1. The van der Waals surface area contributed by atoms with Gasteiger partial charge in [0, 0.05) is 18.7 Å². The second-order valence-corrected chi connectivity index (χ2v) is 6.73. The Bertz CT molecular complexity index is 1020. The Morgan fingerprint density at radius 1 is 1.07 bits per heavy atom. The molecule has 1 aromatic heterocycles. The molecule has 0 radical (unpaired) electrons. The van der Waals surface area contributed by atoms with E-state index < -0.39 is 12.1 Å². The van der Waals surface area contributed by atoms with Crippen LogP contribution in [0.3, 0.4) is 0 Å². The third-order valence-corrected chi connectivity index (χ3v) is 4.53. The molecule has 0 N–H and O–H groups in total. The summed E-state index contributed by atoms with van der Waals surface area (Å²) in [6, 6.07) is 14.3. The van der Waals surface area contributed by atoms with Gasteiger partial charge in [-0.05, 0) is 30.3 Å². The maximum absolute atomic E-state index is 12.5. The standard InChI is InChI=1S/C20H17F3N4O3/c21-20(22,23)30-18-8-4-5-14(9-18)19(28)26-11-16(12-26)27-10-15(24-25-27)13-29-17-6-2-1-3-7-17/h1-10,16H,11-13H2. The molecule has 4 rings (SSSR count). The normalized spacial score (nSPS) is 14.3. The zero-order chi connectivity index (χ0) is 21.1. The SMILES string of the molecule is O=C(c1cccc(OC(F)(F)F)c1)N1CC(n2cc(COc3ccccc3)nn2)C1. The molecule has 1 fully saturated rings. The first-order chi connectivity index (χ1) is 14.4. The van der Waals surface area contributed by atoms with E-state index >= 15 is 0 Å². The molecule has 2 aromatic carbocycles. The first-order valence-corrected chi connectivity index (χ1v) is 9.11. The van der Waals surface area contributed by atoms with Gasteiger partial charge in [-0.1, -0.05) is 29.5 Å². The number of halogens is 3. The first-order valence-electron chi connectivity index (χ1n) is 9.11. The van der Waals surface area contributed by atoms with Gasteiger partial charge in [-0.25, -0.2) is 4.68 Å². The van der Waals surface area contributed by atoms with Crippen molar-refractivity contribution >= 4 is 5.91 Å². The third-order valence-electron chi connectivity index (χ3n) is 4.53. The lowest BCUT2D eigenvalue weighted by molar-refractivity contribution is -0.274. The molecule has 1 aliphatic heterocycles. The van der Waals surface area contributed by atoms with Crippen LogP contribution in [0.4, 0.5) is 13.2 Å². The molecule has 7 nitrogen and oxygen atoms in total. The highest BCUT2D eigenvalue weighted by Crippen LogP contribution is 2.26. The summed E-state index contributed by atoms with van der Waals surface area (Å²) < 4.78 is 48.2. The van der Waals surface area contributed by atoms with Crippen molar-refractivity contribution in [1.82, 2.24) is 19.9 Å². The van der Waals surface area contributed by atoms with Crippen molar-refractivity contribution in [2.75, 3.05) is 13.1 Å². The van der Waals surface area contributed by atoms with Gasteiger partial charge in [0.1, 0.15) is 23.8 Å². The number of nitrogens with zero attached hydrogens (tertiary/aromatic N) is 4. The zero-order valence-electron chi connectivity index (χ0n) is 15.6. The van der Waals surface area contributed by atoms with Gasteiger partial charge in [0.05, 0.1) is 12.2 Å². The smallest absolute Gasteiger partial charge is 0.487 e. The molecule has 3 aromatic rings. The second-order valence-electron chi connectivity index (χ2n) is 6.73. The highest BCUT2D eigenvalue weighted by atomic mass is 19.4. The molecule has 2 heterocycles. The van der Waals surface area contributed by atoms with Crippen molar-refractivity contribution in [2.24, 2.45) is 0 Å². The fourth-order valence-electron chi connectivity index (χ4n) is 3.03. The molecule has 10 heteroatoms. The number of amides is 1. The Morgan fingerprint density at radius 2 is 1.80 bits per heavy atom. The van der Waals surface area contributed by atoms with E-state index in [0.717, 1.165) is 17.9 Å². The van der Waals surface area contributed by atoms with Gasteiger partial charge in [0.2, 0.25) is 0 Å². The molecular formula is C20H17F3N4O3. The monoisotopic (exact) mass is 418 g/mol. The van der Waals surface area contributed by atoms with Crippen LogP contribution in [-0.4, -0.2) is 45.3 Å². The average molecular weight is 418 g/mol. The molecule has 1 aliphatic rings. The molecule has 0 atom stereocenters. The minimum absolute atomic E-state index is 0.0541. The number of aromatic nitrogens is 3. The van der Waals surface area contributed by atoms with Crippen LogP contribution in [-0.2, 0) is 6.61 Å². The quantitative estimate of drug-likeness (QED) is 0.613. The lowest BCUT2D eigenvalue weighted by atomic mass is 10.1. The second kappa shape index (κ2) is 8.05. The van der Waals surface area contributed by atoms with Gasteiger partial charge in [-0.3, -0.25) is 4.79 Å². The number of alkyl halides is 3. The number of benzene rings is 2. The molecular weight excluding hydrogens is 401 g/mol. The Hall–Kier alpha value is -3.56. The topological polar surface area (TPSA) is 69.5 Å². The van der Waals surface area contributed by atoms with Crippen LogP contribution in [0.25, 0.3) is 0 Å². The summed E-state index contributed by atoms with van der Waals surface area (Å²) in [5.41, 5.74) is 0.784. The van der Waals surface area contributed by atoms with Crippen molar-refractivity contribution < 1.29 is 27.4 Å². The van der Waals surface area contributed by atoms with Crippen LogP contribution in [0.2, 0.25) is 0 Å². The average Bonchev–Trinajstić information content (AvgIpc) is 3.13. The largest absolute Gasteiger partial charge is 0.573 e. The van der Waals surface area contributed by atoms with Crippen molar-refractivity contribution in [2.45, 2.75) is 19.0 Å². The summed E-state index contributed by atoms with van der Waals surface area (Å²) in [6.07, 6.45) is -3.05. The van der Waals surface area contributed by atoms with Crippen LogP contribution in [0.5, 0.6) is 11.5 Å². The maximum atomic E-state index is 12.5. The highest BCUT2D eigenvalue weighted by Gasteiger charge is 2.34. The Balaban J connectivity index is 1.31. The molecule has 0 aliphatic carbocycles. The predicted octanol–water partition coefficient (Wildman–Crippen LogP) is 3.45. The molecule has 1 saturated heterocycles.